The molecule has 0 aliphatic carbocycles. The summed E-state index contributed by atoms with van der Waals surface area (Å²) in [7, 11) is 3.39. The third-order valence-electron chi connectivity index (χ3n) is 4.13. The van der Waals surface area contributed by atoms with Gasteiger partial charge in [0.25, 0.3) is 5.91 Å². The Hall–Kier alpha value is -2.28. The summed E-state index contributed by atoms with van der Waals surface area (Å²) in [5, 5.41) is 2.90. The molecule has 25 heavy (non-hydrogen) atoms. The van der Waals surface area contributed by atoms with Gasteiger partial charge >= 0.3 is 6.03 Å². The maximum Gasteiger partial charge on any atom is 0.322 e. The number of hydrogen-bond donors (Lipinski definition) is 1. The Morgan fingerprint density at radius 1 is 1.36 bits per heavy atom. The van der Waals surface area contributed by atoms with Crippen LogP contribution < -0.4 is 10.1 Å². The van der Waals surface area contributed by atoms with Gasteiger partial charge in [0, 0.05) is 38.9 Å². The van der Waals surface area contributed by atoms with Crippen molar-refractivity contribution < 1.29 is 19.1 Å². The van der Waals surface area contributed by atoms with E-state index in [-0.39, 0.29) is 18.0 Å². The van der Waals surface area contributed by atoms with Crippen molar-refractivity contribution in [1.82, 2.24) is 9.80 Å². The van der Waals surface area contributed by atoms with Gasteiger partial charge < -0.3 is 24.6 Å². The molecule has 1 saturated heterocycles. The van der Waals surface area contributed by atoms with E-state index in [1.54, 1.807) is 37.2 Å². The molecule has 1 aliphatic rings. The van der Waals surface area contributed by atoms with Crippen molar-refractivity contribution in [2.24, 2.45) is 0 Å². The van der Waals surface area contributed by atoms with Crippen LogP contribution in [0.25, 0.3) is 0 Å². The number of carbonyl (C=O) groups excluding carboxylic acids is 2. The summed E-state index contributed by atoms with van der Waals surface area (Å²) in [6.07, 6.45) is 0.808. The summed E-state index contributed by atoms with van der Waals surface area (Å²) < 4.78 is 11.1. The van der Waals surface area contributed by atoms with Gasteiger partial charge in [0.15, 0.2) is 0 Å². The number of nitrogens with one attached hydrogen (secondary N) is 1. The molecule has 1 unspecified atom stereocenters. The largest absolute Gasteiger partial charge is 0.492 e. The summed E-state index contributed by atoms with van der Waals surface area (Å²) in [4.78, 5) is 28.0. The SMILES string of the molecule is CCOc1cc(C(=O)N(C)C)ccc1NC(=O)N1CCOCCC1C. The number of amides is 3. The minimum absolute atomic E-state index is 0.104. The number of benzene rings is 1. The summed E-state index contributed by atoms with van der Waals surface area (Å²) >= 11 is 0. The zero-order valence-corrected chi connectivity index (χ0v) is 15.4. The third-order valence-corrected chi connectivity index (χ3v) is 4.13. The fraction of sp³-hybridized carbons (Fsp3) is 0.556. The van der Waals surface area contributed by atoms with E-state index < -0.39 is 0 Å². The zero-order chi connectivity index (χ0) is 18.4. The van der Waals surface area contributed by atoms with E-state index in [1.807, 2.05) is 13.8 Å². The number of hydrogen-bond acceptors (Lipinski definition) is 4. The van der Waals surface area contributed by atoms with Crippen LogP contribution in [0.3, 0.4) is 0 Å². The normalized spacial score (nSPS) is 17.6. The molecule has 0 spiro atoms. The third kappa shape index (κ3) is 4.85. The monoisotopic (exact) mass is 349 g/mol. The smallest absolute Gasteiger partial charge is 0.322 e. The Morgan fingerprint density at radius 3 is 2.80 bits per heavy atom. The molecule has 1 fully saturated rings. The van der Waals surface area contributed by atoms with Gasteiger partial charge in [-0.25, -0.2) is 4.79 Å². The molecule has 0 bridgehead atoms. The van der Waals surface area contributed by atoms with Gasteiger partial charge in [-0.3, -0.25) is 4.79 Å². The molecule has 7 nitrogen and oxygen atoms in total. The van der Waals surface area contributed by atoms with Crippen LogP contribution in [0.15, 0.2) is 18.2 Å². The van der Waals surface area contributed by atoms with E-state index in [0.717, 1.165) is 6.42 Å². The molecular formula is C18H27N3O4. The van der Waals surface area contributed by atoms with E-state index in [4.69, 9.17) is 9.47 Å². The Kier molecular flexibility index (Phi) is 6.64. The molecule has 2 rings (SSSR count). The highest BCUT2D eigenvalue weighted by Crippen LogP contribution is 2.27. The highest BCUT2D eigenvalue weighted by molar-refractivity contribution is 5.96. The molecule has 1 atom stereocenters. The first kappa shape index (κ1) is 19.1. The molecule has 1 N–H and O–H groups in total. The molecule has 1 aromatic carbocycles. The van der Waals surface area contributed by atoms with Gasteiger partial charge in [0.1, 0.15) is 5.75 Å². The molecule has 0 radical (unpaired) electrons. The summed E-state index contributed by atoms with van der Waals surface area (Å²) in [6, 6.07) is 4.98. The van der Waals surface area contributed by atoms with Crippen LogP contribution in [0.2, 0.25) is 0 Å². The van der Waals surface area contributed by atoms with Gasteiger partial charge in [-0.05, 0) is 38.5 Å². The average molecular weight is 349 g/mol. The first-order valence-corrected chi connectivity index (χ1v) is 8.58. The van der Waals surface area contributed by atoms with Crippen LogP contribution in [0, 0.1) is 0 Å². The molecular weight excluding hydrogens is 322 g/mol. The van der Waals surface area contributed by atoms with E-state index in [2.05, 4.69) is 5.32 Å². The summed E-state index contributed by atoms with van der Waals surface area (Å²) in [5.74, 6) is 0.374. The number of anilines is 1. The van der Waals surface area contributed by atoms with Gasteiger partial charge in [-0.15, -0.1) is 0 Å². The quantitative estimate of drug-likeness (QED) is 0.906. The lowest BCUT2D eigenvalue weighted by Crippen LogP contribution is -2.42. The molecule has 1 aliphatic heterocycles. The van der Waals surface area contributed by atoms with Crippen molar-refractivity contribution in [2.45, 2.75) is 26.3 Å². The maximum atomic E-state index is 12.6. The topological polar surface area (TPSA) is 71.1 Å². The lowest BCUT2D eigenvalue weighted by Gasteiger charge is -2.27. The number of nitrogens with zero attached hydrogens (tertiary/aromatic N) is 2. The lowest BCUT2D eigenvalue weighted by molar-refractivity contribution is 0.0827. The first-order valence-electron chi connectivity index (χ1n) is 8.58. The van der Waals surface area contributed by atoms with Crippen LogP contribution in [0.5, 0.6) is 5.75 Å². The molecule has 0 saturated carbocycles. The Morgan fingerprint density at radius 2 is 2.12 bits per heavy atom. The number of carbonyl (C=O) groups is 2. The lowest BCUT2D eigenvalue weighted by atomic mass is 10.1. The molecule has 7 heteroatoms. The molecule has 1 heterocycles. The van der Waals surface area contributed by atoms with Gasteiger partial charge in [0.05, 0.1) is 18.9 Å². The van der Waals surface area contributed by atoms with E-state index in [0.29, 0.717) is 43.4 Å². The van der Waals surface area contributed by atoms with Crippen LogP contribution in [-0.2, 0) is 4.74 Å². The zero-order valence-electron chi connectivity index (χ0n) is 15.4. The summed E-state index contributed by atoms with van der Waals surface area (Å²) in [6.45, 7) is 6.06. The summed E-state index contributed by atoms with van der Waals surface area (Å²) in [5.41, 5.74) is 1.07. The van der Waals surface area contributed by atoms with Crippen molar-refractivity contribution in [3.8, 4) is 5.75 Å². The highest BCUT2D eigenvalue weighted by Gasteiger charge is 2.23. The van der Waals surface area contributed by atoms with Crippen molar-refractivity contribution in [2.75, 3.05) is 45.8 Å². The van der Waals surface area contributed by atoms with Crippen molar-refractivity contribution in [3.63, 3.8) is 0 Å². The first-order chi connectivity index (χ1) is 11.9. The van der Waals surface area contributed by atoms with Crippen molar-refractivity contribution >= 4 is 17.6 Å². The molecule has 0 aromatic heterocycles. The fourth-order valence-electron chi connectivity index (χ4n) is 2.68. The molecule has 1 aromatic rings. The standard InChI is InChI=1S/C18H27N3O4/c1-5-25-16-12-14(17(22)20(3)4)6-7-15(16)19-18(23)21-9-11-24-10-8-13(21)2/h6-7,12-13H,5,8-11H2,1-4H3,(H,19,23). The minimum atomic E-state index is -0.189. The highest BCUT2D eigenvalue weighted by atomic mass is 16.5. The maximum absolute atomic E-state index is 12.6. The van der Waals surface area contributed by atoms with Gasteiger partial charge in [-0.1, -0.05) is 0 Å². The van der Waals surface area contributed by atoms with E-state index >= 15 is 0 Å². The number of rotatable bonds is 4. The van der Waals surface area contributed by atoms with Crippen LogP contribution in [-0.4, -0.2) is 68.2 Å². The van der Waals surface area contributed by atoms with Crippen LogP contribution >= 0.6 is 0 Å². The predicted octanol–water partition coefficient (Wildman–Crippen LogP) is 2.43. The van der Waals surface area contributed by atoms with Crippen molar-refractivity contribution in [3.05, 3.63) is 23.8 Å². The van der Waals surface area contributed by atoms with Crippen molar-refractivity contribution in [1.29, 1.82) is 0 Å². The molecule has 3 amide bonds. The number of urea groups is 1. The Labute approximate surface area is 148 Å². The average Bonchev–Trinajstić information content (AvgIpc) is 2.80. The van der Waals surface area contributed by atoms with E-state index in [1.165, 1.54) is 4.90 Å². The second kappa shape index (κ2) is 8.71. The predicted molar refractivity (Wildman–Crippen MR) is 96.3 cm³/mol. The van der Waals surface area contributed by atoms with E-state index in [9.17, 15) is 9.59 Å². The molecule has 138 valence electrons. The van der Waals surface area contributed by atoms with Crippen LogP contribution in [0.4, 0.5) is 10.5 Å². The van der Waals surface area contributed by atoms with Gasteiger partial charge in [-0.2, -0.15) is 0 Å². The Bertz CT molecular complexity index is 618. The Balaban J connectivity index is 2.19. The fourth-order valence-corrected chi connectivity index (χ4v) is 2.68. The second-order valence-electron chi connectivity index (χ2n) is 6.22. The minimum Gasteiger partial charge on any atom is -0.492 e. The van der Waals surface area contributed by atoms with Crippen LogP contribution in [0.1, 0.15) is 30.6 Å². The number of ether oxygens (including phenoxy) is 2. The van der Waals surface area contributed by atoms with Gasteiger partial charge in [0.2, 0.25) is 0 Å². The second-order valence-corrected chi connectivity index (χ2v) is 6.22.